The Kier molecular flexibility index (Phi) is 4.64. The Bertz CT molecular complexity index is 521. The minimum absolute atomic E-state index is 0.0907. The van der Waals surface area contributed by atoms with Gasteiger partial charge in [-0.1, -0.05) is 6.07 Å². The van der Waals surface area contributed by atoms with Gasteiger partial charge in [0.25, 0.3) is 5.91 Å². The van der Waals surface area contributed by atoms with Crippen LogP contribution in [0.5, 0.6) is 11.5 Å². The molecular weight excluding hydrogens is 274 g/mol. The topological polar surface area (TPSA) is 93.1 Å². The predicted octanol–water partition coefficient (Wildman–Crippen LogP) is -0.398. The van der Waals surface area contributed by atoms with E-state index in [4.69, 9.17) is 0 Å². The van der Waals surface area contributed by atoms with Gasteiger partial charge in [-0.3, -0.25) is 9.59 Å². The lowest BCUT2D eigenvalue weighted by Gasteiger charge is -2.29. The van der Waals surface area contributed by atoms with Gasteiger partial charge in [-0.05, 0) is 12.1 Å². The number of carbonyl (C=O) groups excluding carboxylic acids is 2. The van der Waals surface area contributed by atoms with Crippen molar-refractivity contribution in [3.63, 3.8) is 0 Å². The van der Waals surface area contributed by atoms with Crippen molar-refractivity contribution in [3.8, 4) is 11.5 Å². The number of amides is 2. The van der Waals surface area contributed by atoms with E-state index in [0.717, 1.165) is 13.1 Å². The first kappa shape index (κ1) is 15.1. The molecule has 1 aromatic rings. The number of piperazine rings is 1. The number of hydrogen-bond donors (Lipinski definition) is 3. The summed E-state index contributed by atoms with van der Waals surface area (Å²) in [7, 11) is 1.47. The highest BCUT2D eigenvalue weighted by Gasteiger charge is 2.24. The minimum atomic E-state index is -0.589. The van der Waals surface area contributed by atoms with E-state index in [1.54, 1.807) is 4.90 Å². The maximum absolute atomic E-state index is 12.2. The number of likely N-dealkylation sites (N-methyl/N-ethyl adjacent to an activating group) is 1. The summed E-state index contributed by atoms with van der Waals surface area (Å²) >= 11 is 0. The van der Waals surface area contributed by atoms with Gasteiger partial charge in [-0.2, -0.15) is 0 Å². The Labute approximate surface area is 122 Å². The second-order valence-electron chi connectivity index (χ2n) is 4.96. The molecule has 7 nitrogen and oxygen atoms in total. The standard InChI is InChI=1S/C14H19N3O4/c1-16(9-12(20)17-7-5-15-6-8-17)14(21)13-10(18)3-2-4-11(13)19/h2-4,15,18-19H,5-9H2,1H3. The molecule has 0 unspecified atom stereocenters. The van der Waals surface area contributed by atoms with Crippen molar-refractivity contribution in [2.45, 2.75) is 0 Å². The third-order valence-electron chi connectivity index (χ3n) is 3.42. The fourth-order valence-electron chi connectivity index (χ4n) is 2.23. The SMILES string of the molecule is CN(CC(=O)N1CCNCC1)C(=O)c1c(O)cccc1O. The zero-order valence-corrected chi connectivity index (χ0v) is 11.9. The van der Waals surface area contributed by atoms with Crippen LogP contribution in [0.1, 0.15) is 10.4 Å². The molecule has 1 saturated heterocycles. The Hall–Kier alpha value is -2.28. The van der Waals surface area contributed by atoms with E-state index in [1.807, 2.05) is 0 Å². The van der Waals surface area contributed by atoms with E-state index in [1.165, 1.54) is 30.1 Å². The third-order valence-corrected chi connectivity index (χ3v) is 3.42. The van der Waals surface area contributed by atoms with Crippen LogP contribution in [0.25, 0.3) is 0 Å². The predicted molar refractivity (Wildman–Crippen MR) is 76.2 cm³/mol. The van der Waals surface area contributed by atoms with Crippen LogP contribution in [0.3, 0.4) is 0 Å². The van der Waals surface area contributed by atoms with Gasteiger partial charge in [0, 0.05) is 33.2 Å². The monoisotopic (exact) mass is 293 g/mol. The molecule has 114 valence electrons. The van der Waals surface area contributed by atoms with Gasteiger partial charge in [0.05, 0.1) is 6.54 Å². The fourth-order valence-corrected chi connectivity index (χ4v) is 2.23. The molecule has 0 radical (unpaired) electrons. The molecule has 2 amide bonds. The fraction of sp³-hybridized carbons (Fsp3) is 0.429. The maximum atomic E-state index is 12.2. The van der Waals surface area contributed by atoms with Gasteiger partial charge in [-0.25, -0.2) is 0 Å². The van der Waals surface area contributed by atoms with E-state index >= 15 is 0 Å². The molecule has 0 aliphatic carbocycles. The van der Waals surface area contributed by atoms with Crippen LogP contribution >= 0.6 is 0 Å². The molecule has 1 heterocycles. The molecule has 0 atom stereocenters. The van der Waals surface area contributed by atoms with Crippen molar-refractivity contribution in [1.82, 2.24) is 15.1 Å². The zero-order chi connectivity index (χ0) is 15.4. The van der Waals surface area contributed by atoms with E-state index in [0.29, 0.717) is 13.1 Å². The number of carbonyl (C=O) groups is 2. The Morgan fingerprint density at radius 1 is 1.24 bits per heavy atom. The summed E-state index contributed by atoms with van der Waals surface area (Å²) in [5.41, 5.74) is -0.187. The van der Waals surface area contributed by atoms with Gasteiger partial charge in [-0.15, -0.1) is 0 Å². The average Bonchev–Trinajstić information content (AvgIpc) is 2.47. The first-order chi connectivity index (χ1) is 10.0. The highest BCUT2D eigenvalue weighted by Crippen LogP contribution is 2.27. The van der Waals surface area contributed by atoms with Crippen LogP contribution < -0.4 is 5.32 Å². The number of hydrogen-bond acceptors (Lipinski definition) is 5. The number of phenolic OH excluding ortho intramolecular Hbond substituents is 2. The number of aromatic hydroxyl groups is 2. The van der Waals surface area contributed by atoms with Crippen molar-refractivity contribution in [3.05, 3.63) is 23.8 Å². The van der Waals surface area contributed by atoms with E-state index in [9.17, 15) is 19.8 Å². The molecule has 1 aliphatic rings. The maximum Gasteiger partial charge on any atom is 0.261 e. The van der Waals surface area contributed by atoms with Gasteiger partial charge >= 0.3 is 0 Å². The van der Waals surface area contributed by atoms with Gasteiger partial charge in [0.1, 0.15) is 17.1 Å². The molecule has 21 heavy (non-hydrogen) atoms. The normalized spacial score (nSPS) is 14.8. The molecule has 1 fully saturated rings. The highest BCUT2D eigenvalue weighted by molar-refractivity contribution is 6.00. The third kappa shape index (κ3) is 3.43. The van der Waals surface area contributed by atoms with Crippen LogP contribution in [0, 0.1) is 0 Å². The average molecular weight is 293 g/mol. The molecule has 7 heteroatoms. The van der Waals surface area contributed by atoms with E-state index in [-0.39, 0.29) is 29.5 Å². The summed E-state index contributed by atoms with van der Waals surface area (Å²) in [6.45, 7) is 2.62. The molecule has 1 aliphatic heterocycles. The molecule has 0 saturated carbocycles. The Balaban J connectivity index is 2.04. The lowest BCUT2D eigenvalue weighted by Crippen LogP contribution is -2.49. The number of nitrogens with zero attached hydrogens (tertiary/aromatic N) is 2. The Morgan fingerprint density at radius 2 is 1.81 bits per heavy atom. The minimum Gasteiger partial charge on any atom is -0.507 e. The zero-order valence-electron chi connectivity index (χ0n) is 11.9. The molecule has 2 rings (SSSR count). The summed E-state index contributed by atoms with van der Waals surface area (Å²) in [5.74, 6) is -1.35. The van der Waals surface area contributed by atoms with Gasteiger partial charge < -0.3 is 25.3 Å². The molecule has 0 bridgehead atoms. The smallest absolute Gasteiger partial charge is 0.261 e. The van der Waals surface area contributed by atoms with Crippen LogP contribution in [-0.4, -0.2) is 71.6 Å². The summed E-state index contributed by atoms with van der Waals surface area (Å²) < 4.78 is 0. The number of phenols is 2. The summed E-state index contributed by atoms with van der Waals surface area (Å²) in [4.78, 5) is 27.2. The van der Waals surface area contributed by atoms with Crippen molar-refractivity contribution < 1.29 is 19.8 Å². The van der Waals surface area contributed by atoms with Crippen molar-refractivity contribution >= 4 is 11.8 Å². The van der Waals surface area contributed by atoms with Crippen LogP contribution in [-0.2, 0) is 4.79 Å². The van der Waals surface area contributed by atoms with Crippen LogP contribution in [0.4, 0.5) is 0 Å². The largest absolute Gasteiger partial charge is 0.507 e. The first-order valence-electron chi connectivity index (χ1n) is 6.75. The van der Waals surface area contributed by atoms with E-state index in [2.05, 4.69) is 5.32 Å². The summed E-state index contributed by atoms with van der Waals surface area (Å²) in [6.07, 6.45) is 0. The second-order valence-corrected chi connectivity index (χ2v) is 4.96. The highest BCUT2D eigenvalue weighted by atomic mass is 16.3. The summed E-state index contributed by atoms with van der Waals surface area (Å²) in [6, 6.07) is 4.07. The quantitative estimate of drug-likeness (QED) is 0.705. The number of benzene rings is 1. The Morgan fingerprint density at radius 3 is 2.38 bits per heavy atom. The van der Waals surface area contributed by atoms with Crippen molar-refractivity contribution in [2.24, 2.45) is 0 Å². The van der Waals surface area contributed by atoms with Gasteiger partial charge in [0.2, 0.25) is 5.91 Å². The lowest BCUT2D eigenvalue weighted by atomic mass is 10.1. The molecule has 3 N–H and O–H groups in total. The molecular formula is C14H19N3O4. The second kappa shape index (κ2) is 6.45. The lowest BCUT2D eigenvalue weighted by molar-refractivity contribution is -0.132. The van der Waals surface area contributed by atoms with Crippen molar-refractivity contribution in [2.75, 3.05) is 39.8 Å². The molecule has 1 aromatic carbocycles. The van der Waals surface area contributed by atoms with Crippen LogP contribution in [0.15, 0.2) is 18.2 Å². The van der Waals surface area contributed by atoms with Crippen molar-refractivity contribution in [1.29, 1.82) is 0 Å². The van der Waals surface area contributed by atoms with Gasteiger partial charge in [0.15, 0.2) is 0 Å². The number of nitrogens with one attached hydrogen (secondary N) is 1. The summed E-state index contributed by atoms with van der Waals surface area (Å²) in [5, 5.41) is 22.5. The van der Waals surface area contributed by atoms with Crippen LogP contribution in [0.2, 0.25) is 0 Å². The van der Waals surface area contributed by atoms with E-state index < -0.39 is 5.91 Å². The molecule has 0 aromatic heterocycles. The molecule has 0 spiro atoms. The number of rotatable bonds is 3. The first-order valence-corrected chi connectivity index (χ1v) is 6.75.